The SMILES string of the molecule is CCCCOc1ccc(C(=O)NCC(C)C(=O)O)cc1. The van der Waals surface area contributed by atoms with Crippen LogP contribution in [0.4, 0.5) is 0 Å². The van der Waals surface area contributed by atoms with E-state index >= 15 is 0 Å². The Balaban J connectivity index is 2.46. The highest BCUT2D eigenvalue weighted by atomic mass is 16.5. The zero-order valence-corrected chi connectivity index (χ0v) is 11.9. The number of hydrogen-bond acceptors (Lipinski definition) is 3. The number of amides is 1. The van der Waals surface area contributed by atoms with E-state index in [-0.39, 0.29) is 12.5 Å². The van der Waals surface area contributed by atoms with E-state index in [0.717, 1.165) is 18.6 Å². The number of nitrogens with one attached hydrogen (secondary N) is 1. The highest BCUT2D eigenvalue weighted by Gasteiger charge is 2.13. The molecule has 1 rings (SSSR count). The van der Waals surface area contributed by atoms with Crippen LogP contribution in [0.25, 0.3) is 0 Å². The molecular formula is C15H21NO4. The van der Waals surface area contributed by atoms with Crippen molar-refractivity contribution in [3.05, 3.63) is 29.8 Å². The van der Waals surface area contributed by atoms with Crippen molar-refractivity contribution in [1.29, 1.82) is 0 Å². The third-order valence-corrected chi connectivity index (χ3v) is 2.87. The first-order valence-electron chi connectivity index (χ1n) is 6.78. The molecule has 110 valence electrons. The van der Waals surface area contributed by atoms with Crippen molar-refractivity contribution in [3.8, 4) is 5.75 Å². The molecular weight excluding hydrogens is 258 g/mol. The van der Waals surface area contributed by atoms with Gasteiger partial charge in [0.25, 0.3) is 5.91 Å². The molecule has 5 nitrogen and oxygen atoms in total. The quantitative estimate of drug-likeness (QED) is 0.716. The van der Waals surface area contributed by atoms with E-state index in [1.165, 1.54) is 0 Å². The lowest BCUT2D eigenvalue weighted by Crippen LogP contribution is -2.31. The topological polar surface area (TPSA) is 75.6 Å². The Morgan fingerprint density at radius 1 is 1.30 bits per heavy atom. The van der Waals surface area contributed by atoms with Crippen molar-refractivity contribution in [3.63, 3.8) is 0 Å². The number of carboxylic acid groups (broad SMARTS) is 1. The van der Waals surface area contributed by atoms with Crippen LogP contribution in [0.2, 0.25) is 0 Å². The molecule has 1 aromatic carbocycles. The number of rotatable bonds is 8. The van der Waals surface area contributed by atoms with Crippen LogP contribution in [-0.4, -0.2) is 30.1 Å². The first-order chi connectivity index (χ1) is 9.54. The maximum atomic E-state index is 11.8. The van der Waals surface area contributed by atoms with Crippen molar-refractivity contribution >= 4 is 11.9 Å². The van der Waals surface area contributed by atoms with E-state index in [2.05, 4.69) is 12.2 Å². The molecule has 0 saturated heterocycles. The molecule has 0 aromatic heterocycles. The predicted octanol–water partition coefficient (Wildman–Crippen LogP) is 2.32. The lowest BCUT2D eigenvalue weighted by molar-refractivity contribution is -0.140. The Bertz CT molecular complexity index is 442. The van der Waals surface area contributed by atoms with Crippen LogP contribution in [0.3, 0.4) is 0 Å². The second-order valence-corrected chi connectivity index (χ2v) is 4.68. The summed E-state index contributed by atoms with van der Waals surface area (Å²) < 4.78 is 5.50. The number of carbonyl (C=O) groups is 2. The highest BCUT2D eigenvalue weighted by Crippen LogP contribution is 2.12. The lowest BCUT2D eigenvalue weighted by Gasteiger charge is -2.09. The van der Waals surface area contributed by atoms with Gasteiger partial charge < -0.3 is 15.2 Å². The summed E-state index contributed by atoms with van der Waals surface area (Å²) in [5.41, 5.74) is 0.491. The fourth-order valence-corrected chi connectivity index (χ4v) is 1.47. The standard InChI is InChI=1S/C15H21NO4/c1-3-4-9-20-13-7-5-12(6-8-13)14(17)16-10-11(2)15(18)19/h5-8,11H,3-4,9-10H2,1-2H3,(H,16,17)(H,18,19). The van der Waals surface area contributed by atoms with Crippen LogP contribution in [0.15, 0.2) is 24.3 Å². The number of carboxylic acids is 1. The summed E-state index contributed by atoms with van der Waals surface area (Å²) in [6.07, 6.45) is 2.07. The maximum Gasteiger partial charge on any atom is 0.308 e. The number of hydrogen-bond donors (Lipinski definition) is 2. The molecule has 0 aliphatic rings. The van der Waals surface area contributed by atoms with Gasteiger partial charge in [-0.05, 0) is 30.7 Å². The molecule has 0 saturated carbocycles. The molecule has 1 amide bonds. The fourth-order valence-electron chi connectivity index (χ4n) is 1.47. The van der Waals surface area contributed by atoms with Gasteiger partial charge in [-0.25, -0.2) is 0 Å². The number of unbranched alkanes of at least 4 members (excludes halogenated alkanes) is 1. The van der Waals surface area contributed by atoms with Gasteiger partial charge in [-0.15, -0.1) is 0 Å². The molecule has 0 aliphatic heterocycles. The minimum Gasteiger partial charge on any atom is -0.494 e. The average molecular weight is 279 g/mol. The Kier molecular flexibility index (Phi) is 6.56. The van der Waals surface area contributed by atoms with Crippen LogP contribution < -0.4 is 10.1 Å². The maximum absolute atomic E-state index is 11.8. The average Bonchev–Trinajstić information content (AvgIpc) is 2.45. The third kappa shape index (κ3) is 5.30. The largest absolute Gasteiger partial charge is 0.494 e. The van der Waals surface area contributed by atoms with E-state index < -0.39 is 11.9 Å². The van der Waals surface area contributed by atoms with Gasteiger partial charge in [-0.3, -0.25) is 9.59 Å². The molecule has 1 aromatic rings. The van der Waals surface area contributed by atoms with Crippen molar-refractivity contribution in [2.75, 3.05) is 13.2 Å². The second kappa shape index (κ2) is 8.19. The smallest absolute Gasteiger partial charge is 0.308 e. The van der Waals surface area contributed by atoms with Gasteiger partial charge in [0.15, 0.2) is 0 Å². The molecule has 0 radical (unpaired) electrons. The summed E-state index contributed by atoms with van der Waals surface area (Å²) >= 11 is 0. The fraction of sp³-hybridized carbons (Fsp3) is 0.467. The van der Waals surface area contributed by atoms with E-state index in [4.69, 9.17) is 9.84 Å². The zero-order chi connectivity index (χ0) is 15.0. The van der Waals surface area contributed by atoms with E-state index in [1.807, 2.05) is 0 Å². The minimum absolute atomic E-state index is 0.114. The molecule has 5 heteroatoms. The highest BCUT2D eigenvalue weighted by molar-refractivity contribution is 5.94. The molecule has 1 unspecified atom stereocenters. The van der Waals surface area contributed by atoms with E-state index in [1.54, 1.807) is 31.2 Å². The summed E-state index contributed by atoms with van der Waals surface area (Å²) in [4.78, 5) is 22.4. The first-order valence-corrected chi connectivity index (χ1v) is 6.78. The predicted molar refractivity (Wildman–Crippen MR) is 76.0 cm³/mol. The van der Waals surface area contributed by atoms with Crippen molar-refractivity contribution < 1.29 is 19.4 Å². The molecule has 0 bridgehead atoms. The second-order valence-electron chi connectivity index (χ2n) is 4.68. The van der Waals surface area contributed by atoms with Gasteiger partial charge in [-0.2, -0.15) is 0 Å². The van der Waals surface area contributed by atoms with Gasteiger partial charge in [0.1, 0.15) is 5.75 Å². The Morgan fingerprint density at radius 3 is 2.50 bits per heavy atom. The van der Waals surface area contributed by atoms with Crippen LogP contribution >= 0.6 is 0 Å². The molecule has 0 fully saturated rings. The molecule has 20 heavy (non-hydrogen) atoms. The summed E-state index contributed by atoms with van der Waals surface area (Å²) in [7, 11) is 0. The molecule has 0 aliphatic carbocycles. The van der Waals surface area contributed by atoms with Gasteiger partial charge in [0.2, 0.25) is 0 Å². The van der Waals surface area contributed by atoms with Crippen LogP contribution in [0.1, 0.15) is 37.0 Å². The number of ether oxygens (including phenoxy) is 1. The van der Waals surface area contributed by atoms with Crippen molar-refractivity contribution in [1.82, 2.24) is 5.32 Å². The monoisotopic (exact) mass is 279 g/mol. The first kappa shape index (κ1) is 16.0. The molecule has 0 spiro atoms. The van der Waals surface area contributed by atoms with Gasteiger partial charge >= 0.3 is 5.97 Å². The number of carbonyl (C=O) groups excluding carboxylic acids is 1. The summed E-state index contributed by atoms with van der Waals surface area (Å²) in [5.74, 6) is -1.08. The summed E-state index contributed by atoms with van der Waals surface area (Å²) in [6, 6.07) is 6.82. The molecule has 1 atom stereocenters. The normalized spacial score (nSPS) is 11.7. The zero-order valence-electron chi connectivity index (χ0n) is 11.9. The number of aliphatic carboxylic acids is 1. The Hall–Kier alpha value is -2.04. The number of benzene rings is 1. The van der Waals surface area contributed by atoms with Crippen LogP contribution in [0.5, 0.6) is 5.75 Å². The minimum atomic E-state index is -0.926. The Morgan fingerprint density at radius 2 is 1.95 bits per heavy atom. The lowest BCUT2D eigenvalue weighted by atomic mass is 10.1. The van der Waals surface area contributed by atoms with Gasteiger partial charge in [-0.1, -0.05) is 20.3 Å². The van der Waals surface area contributed by atoms with Crippen LogP contribution in [0, 0.1) is 5.92 Å². The third-order valence-electron chi connectivity index (χ3n) is 2.87. The van der Waals surface area contributed by atoms with Gasteiger partial charge in [0, 0.05) is 12.1 Å². The van der Waals surface area contributed by atoms with Crippen molar-refractivity contribution in [2.24, 2.45) is 5.92 Å². The van der Waals surface area contributed by atoms with E-state index in [9.17, 15) is 9.59 Å². The Labute approximate surface area is 118 Å². The van der Waals surface area contributed by atoms with Crippen LogP contribution in [-0.2, 0) is 4.79 Å². The molecule has 2 N–H and O–H groups in total. The molecule has 0 heterocycles. The van der Waals surface area contributed by atoms with E-state index in [0.29, 0.717) is 12.2 Å². The summed E-state index contributed by atoms with van der Waals surface area (Å²) in [6.45, 7) is 4.42. The van der Waals surface area contributed by atoms with Crippen molar-refractivity contribution in [2.45, 2.75) is 26.7 Å². The summed E-state index contributed by atoms with van der Waals surface area (Å²) in [5, 5.41) is 11.3. The van der Waals surface area contributed by atoms with Gasteiger partial charge in [0.05, 0.1) is 12.5 Å².